The number of rotatable bonds is 10. The van der Waals surface area contributed by atoms with Gasteiger partial charge in [0.1, 0.15) is 5.75 Å². The number of ether oxygens (including phenoxy) is 3. The van der Waals surface area contributed by atoms with Gasteiger partial charge in [0.25, 0.3) is 10.0 Å². The zero-order valence-electron chi connectivity index (χ0n) is 19.3. The third-order valence-corrected chi connectivity index (χ3v) is 5.94. The molecule has 11 nitrogen and oxygen atoms in total. The van der Waals surface area contributed by atoms with Crippen LogP contribution in [0.1, 0.15) is 18.4 Å². The Labute approximate surface area is 202 Å². The van der Waals surface area contributed by atoms with E-state index in [1.54, 1.807) is 12.1 Å². The quantitative estimate of drug-likeness (QED) is 0.317. The van der Waals surface area contributed by atoms with Gasteiger partial charge in [0, 0.05) is 18.2 Å². The fourth-order valence-corrected chi connectivity index (χ4v) is 3.79. The van der Waals surface area contributed by atoms with E-state index >= 15 is 0 Å². The van der Waals surface area contributed by atoms with Gasteiger partial charge in [0.2, 0.25) is 11.8 Å². The minimum atomic E-state index is -3.99. The van der Waals surface area contributed by atoms with Gasteiger partial charge in [-0.1, -0.05) is 17.7 Å². The fraction of sp³-hybridized carbons (Fsp3) is 0.217. The van der Waals surface area contributed by atoms with E-state index in [4.69, 9.17) is 14.2 Å². The summed E-state index contributed by atoms with van der Waals surface area (Å²) >= 11 is 0. The Morgan fingerprint density at radius 3 is 2.23 bits per heavy atom. The van der Waals surface area contributed by atoms with Gasteiger partial charge in [-0.2, -0.15) is 9.97 Å². The highest BCUT2D eigenvalue weighted by Crippen LogP contribution is 2.21. The maximum absolute atomic E-state index is 12.7. The third-order valence-electron chi connectivity index (χ3n) is 4.57. The van der Waals surface area contributed by atoms with Crippen molar-refractivity contribution in [3.63, 3.8) is 0 Å². The van der Waals surface area contributed by atoms with Gasteiger partial charge < -0.3 is 19.5 Å². The first kappa shape index (κ1) is 25.4. The topological polar surface area (TPSA) is 146 Å². The average Bonchev–Trinajstić information content (AvgIpc) is 2.84. The van der Waals surface area contributed by atoms with Gasteiger partial charge >= 0.3 is 12.0 Å². The molecule has 0 fully saturated rings. The number of carbonyl (C=O) groups excluding carboxylic acids is 2. The van der Waals surface area contributed by atoms with Crippen molar-refractivity contribution < 1.29 is 32.2 Å². The minimum Gasteiger partial charge on any atom is -0.481 e. The maximum Gasteiger partial charge on any atom is 0.321 e. The van der Waals surface area contributed by atoms with Crippen molar-refractivity contribution in [1.82, 2.24) is 9.97 Å². The second-order valence-corrected chi connectivity index (χ2v) is 8.93. The molecule has 0 spiro atoms. The lowest BCUT2D eigenvalue weighted by atomic mass is 10.2. The number of carbonyl (C=O) groups is 2. The van der Waals surface area contributed by atoms with Crippen molar-refractivity contribution in [1.29, 1.82) is 0 Å². The fourth-order valence-electron chi connectivity index (χ4n) is 2.79. The zero-order chi connectivity index (χ0) is 25.4. The van der Waals surface area contributed by atoms with Crippen molar-refractivity contribution in [2.75, 3.05) is 24.3 Å². The first-order valence-electron chi connectivity index (χ1n) is 10.4. The summed E-state index contributed by atoms with van der Waals surface area (Å²) in [6, 6.07) is 13.7. The Bertz CT molecular complexity index is 1270. The molecule has 1 amide bonds. The van der Waals surface area contributed by atoms with Crippen LogP contribution >= 0.6 is 0 Å². The average molecular weight is 501 g/mol. The van der Waals surface area contributed by atoms with E-state index in [1.165, 1.54) is 44.6 Å². The van der Waals surface area contributed by atoms with Gasteiger partial charge in [0.05, 0.1) is 25.5 Å². The number of hydrogen-bond donors (Lipinski definition) is 2. The molecule has 1 heterocycles. The molecular formula is C23H24N4O7S. The summed E-state index contributed by atoms with van der Waals surface area (Å²) in [5.74, 6) is -0.460. The lowest BCUT2D eigenvalue weighted by Gasteiger charge is -2.10. The second-order valence-electron chi connectivity index (χ2n) is 7.25. The lowest BCUT2D eigenvalue weighted by Crippen LogP contribution is -2.16. The van der Waals surface area contributed by atoms with Crippen LogP contribution in [0, 0.1) is 6.92 Å². The van der Waals surface area contributed by atoms with E-state index in [1.807, 2.05) is 19.1 Å². The number of amides is 1. The van der Waals surface area contributed by atoms with Crippen molar-refractivity contribution >= 4 is 33.4 Å². The van der Waals surface area contributed by atoms with Crippen LogP contribution < -0.4 is 24.2 Å². The molecule has 1 aromatic heterocycles. The molecule has 0 unspecified atom stereocenters. The number of sulfonamides is 1. The van der Waals surface area contributed by atoms with E-state index in [2.05, 4.69) is 20.0 Å². The summed E-state index contributed by atoms with van der Waals surface area (Å²) in [5.41, 5.74) is 1.40. The van der Waals surface area contributed by atoms with Crippen LogP contribution in [0.15, 0.2) is 59.5 Å². The number of nitrogens with zero attached hydrogens (tertiary/aromatic N) is 2. The molecule has 12 heteroatoms. The Kier molecular flexibility index (Phi) is 8.21. The third kappa shape index (κ3) is 7.40. The predicted molar refractivity (Wildman–Crippen MR) is 127 cm³/mol. The Morgan fingerprint density at radius 1 is 0.914 bits per heavy atom. The molecule has 0 atom stereocenters. The summed E-state index contributed by atoms with van der Waals surface area (Å²) in [6.07, 6.45) is -0.203. The minimum absolute atomic E-state index is 0.0383. The molecular weight excluding hydrogens is 476 g/mol. The number of esters is 1. The summed E-state index contributed by atoms with van der Waals surface area (Å²) < 4.78 is 42.8. The Hall–Kier alpha value is -4.19. The van der Waals surface area contributed by atoms with Crippen molar-refractivity contribution in [3.8, 4) is 17.6 Å². The van der Waals surface area contributed by atoms with Crippen molar-refractivity contribution in [2.24, 2.45) is 0 Å². The smallest absolute Gasteiger partial charge is 0.321 e. The zero-order valence-corrected chi connectivity index (χ0v) is 20.1. The van der Waals surface area contributed by atoms with Gasteiger partial charge in [0.15, 0.2) is 5.82 Å². The summed E-state index contributed by atoms with van der Waals surface area (Å²) in [7, 11) is -1.27. The number of hydrogen-bond acceptors (Lipinski definition) is 9. The molecule has 184 valence electrons. The van der Waals surface area contributed by atoms with Gasteiger partial charge in [-0.25, -0.2) is 8.42 Å². The molecule has 2 aromatic carbocycles. The van der Waals surface area contributed by atoms with Crippen LogP contribution in [0.2, 0.25) is 0 Å². The Morgan fingerprint density at radius 2 is 1.60 bits per heavy atom. The first-order valence-corrected chi connectivity index (χ1v) is 11.8. The highest BCUT2D eigenvalue weighted by atomic mass is 32.2. The summed E-state index contributed by atoms with van der Waals surface area (Å²) in [4.78, 5) is 31.9. The Balaban J connectivity index is 1.55. The van der Waals surface area contributed by atoms with Crippen LogP contribution in [0.4, 0.5) is 11.5 Å². The van der Waals surface area contributed by atoms with Gasteiger partial charge in [-0.05, 0) is 43.3 Å². The van der Waals surface area contributed by atoms with Crippen molar-refractivity contribution in [3.05, 3.63) is 60.2 Å². The van der Waals surface area contributed by atoms with E-state index in [0.29, 0.717) is 11.4 Å². The maximum atomic E-state index is 12.7. The van der Waals surface area contributed by atoms with Crippen LogP contribution in [0.25, 0.3) is 0 Å². The number of anilines is 2. The molecule has 0 saturated carbocycles. The number of aryl methyl sites for hydroxylation is 1. The van der Waals surface area contributed by atoms with Crippen molar-refractivity contribution in [2.45, 2.75) is 24.7 Å². The highest BCUT2D eigenvalue weighted by Gasteiger charge is 2.17. The molecule has 0 aliphatic heterocycles. The van der Waals surface area contributed by atoms with E-state index in [9.17, 15) is 18.0 Å². The number of aromatic nitrogens is 2. The van der Waals surface area contributed by atoms with Crippen LogP contribution in [0.5, 0.6) is 17.6 Å². The highest BCUT2D eigenvalue weighted by molar-refractivity contribution is 7.92. The van der Waals surface area contributed by atoms with E-state index < -0.39 is 21.9 Å². The number of methoxy groups -OCH3 is 2. The van der Waals surface area contributed by atoms with Crippen LogP contribution in [0.3, 0.4) is 0 Å². The number of benzene rings is 2. The van der Waals surface area contributed by atoms with Gasteiger partial charge in [-0.15, -0.1) is 0 Å². The molecule has 0 radical (unpaired) electrons. The molecule has 3 aromatic rings. The molecule has 0 aliphatic carbocycles. The molecule has 0 saturated heterocycles. The second kappa shape index (κ2) is 11.3. The predicted octanol–water partition coefficient (Wildman–Crippen LogP) is 2.93. The van der Waals surface area contributed by atoms with Crippen LogP contribution in [-0.2, 0) is 19.6 Å². The first-order chi connectivity index (χ1) is 16.7. The summed E-state index contributed by atoms with van der Waals surface area (Å²) in [6.45, 7) is 1.92. The number of nitrogens with one attached hydrogen (secondary N) is 2. The SMILES string of the molecule is COc1cc(NS(=O)(=O)c2ccc(NC(=O)CCC(=O)Oc3ccc(C)cc3)cc2)nc(OC)n1. The standard InChI is InChI=1S/C23H24N4O7S/c1-15-4-8-17(9-5-15)34-22(29)13-12-20(28)24-16-6-10-18(11-7-16)35(30,31)27-19-14-21(32-2)26-23(25-19)33-3/h4-11,14H,12-13H2,1-3H3,(H,24,28)(H,25,26,27). The molecule has 3 rings (SSSR count). The lowest BCUT2D eigenvalue weighted by molar-refractivity contribution is -0.135. The molecule has 0 bridgehead atoms. The van der Waals surface area contributed by atoms with E-state index in [0.717, 1.165) is 5.56 Å². The molecule has 35 heavy (non-hydrogen) atoms. The van der Waals surface area contributed by atoms with Crippen LogP contribution in [-0.4, -0.2) is 44.5 Å². The van der Waals surface area contributed by atoms with Gasteiger partial charge in [-0.3, -0.25) is 14.3 Å². The molecule has 0 aliphatic rings. The molecule has 2 N–H and O–H groups in total. The largest absolute Gasteiger partial charge is 0.481 e. The monoisotopic (exact) mass is 500 g/mol. The van der Waals surface area contributed by atoms with E-state index in [-0.39, 0.29) is 35.4 Å². The normalized spacial score (nSPS) is 10.8. The summed E-state index contributed by atoms with van der Waals surface area (Å²) in [5, 5.41) is 2.61.